The maximum atomic E-state index is 13.2. The molecule has 15 heteroatoms. The Labute approximate surface area is 216 Å². The third kappa shape index (κ3) is 14.0. The van der Waals surface area contributed by atoms with Crippen molar-refractivity contribution in [2.24, 2.45) is 39.6 Å². The lowest BCUT2D eigenvalue weighted by Crippen LogP contribution is -2.58. The van der Waals surface area contributed by atoms with E-state index in [4.69, 9.17) is 28.7 Å². The van der Waals surface area contributed by atoms with Crippen LogP contribution < -0.4 is 44.6 Å². The molecule has 0 aromatic rings. The van der Waals surface area contributed by atoms with Gasteiger partial charge < -0.3 is 49.7 Å². The summed E-state index contributed by atoms with van der Waals surface area (Å²) in [5.41, 5.74) is 27.1. The molecule has 0 bridgehead atoms. The fourth-order valence-electron chi connectivity index (χ4n) is 3.31. The second kappa shape index (κ2) is 17.9. The summed E-state index contributed by atoms with van der Waals surface area (Å²) in [6, 6.07) is -4.64. The molecule has 0 aromatic heterocycles. The molecule has 4 amide bonds. The number of hydrogen-bond donors (Lipinski definition) is 9. The van der Waals surface area contributed by atoms with Crippen molar-refractivity contribution in [1.82, 2.24) is 16.0 Å². The molecule has 0 heterocycles. The Kier molecular flexibility index (Phi) is 16.2. The average molecular weight is 530 g/mol. The molecule has 0 aliphatic heterocycles. The number of aliphatic carboxylic acids is 1. The van der Waals surface area contributed by atoms with Gasteiger partial charge >= 0.3 is 5.97 Å². The SMILES string of the molecule is CCC(C)C(NC(=O)C(CCCN=C(N)N)NC(=O)C(N)CCCCN)C(=O)NC(CC(N)=O)C(=O)O. The van der Waals surface area contributed by atoms with E-state index in [-0.39, 0.29) is 18.9 Å². The molecule has 0 saturated carbocycles. The lowest BCUT2D eigenvalue weighted by atomic mass is 9.97. The van der Waals surface area contributed by atoms with Gasteiger partial charge in [-0.15, -0.1) is 0 Å². The van der Waals surface area contributed by atoms with Crippen LogP contribution in [0.25, 0.3) is 0 Å². The molecular formula is C22H43N9O6. The van der Waals surface area contributed by atoms with E-state index in [0.29, 0.717) is 38.6 Å². The number of nitrogens with zero attached hydrogens (tertiary/aromatic N) is 1. The van der Waals surface area contributed by atoms with Crippen LogP contribution in [0.1, 0.15) is 58.8 Å². The lowest BCUT2D eigenvalue weighted by molar-refractivity contribution is -0.144. The van der Waals surface area contributed by atoms with Crippen LogP contribution in [0.4, 0.5) is 0 Å². The standard InChI is InChI=1S/C22H43N9O6/c1-3-12(2)17(20(35)30-15(21(36)37)11-16(25)32)31-19(34)14(8-6-10-28-22(26)27)29-18(33)13(24)7-4-5-9-23/h12-15,17H,3-11,23-24H2,1-2H3,(H2,25,32)(H,29,33)(H,30,35)(H,31,34)(H,36,37)(H4,26,27,28). The lowest BCUT2D eigenvalue weighted by Gasteiger charge is -2.28. The van der Waals surface area contributed by atoms with Crippen molar-refractivity contribution in [1.29, 1.82) is 0 Å². The predicted octanol–water partition coefficient (Wildman–Crippen LogP) is -3.04. The van der Waals surface area contributed by atoms with Crippen LogP contribution in [0.2, 0.25) is 0 Å². The van der Waals surface area contributed by atoms with E-state index in [1.54, 1.807) is 13.8 Å². The number of aliphatic imine (C=N–C) groups is 1. The van der Waals surface area contributed by atoms with Gasteiger partial charge in [-0.25, -0.2) is 4.79 Å². The van der Waals surface area contributed by atoms with Crippen molar-refractivity contribution in [3.63, 3.8) is 0 Å². The number of carbonyl (C=O) groups is 5. The minimum Gasteiger partial charge on any atom is -0.480 e. The summed E-state index contributed by atoms with van der Waals surface area (Å²) >= 11 is 0. The van der Waals surface area contributed by atoms with Gasteiger partial charge in [0, 0.05) is 6.54 Å². The van der Waals surface area contributed by atoms with Crippen LogP contribution >= 0.6 is 0 Å². The first-order valence-corrected chi connectivity index (χ1v) is 12.3. The predicted molar refractivity (Wildman–Crippen MR) is 137 cm³/mol. The van der Waals surface area contributed by atoms with Crippen molar-refractivity contribution in [3.05, 3.63) is 0 Å². The largest absolute Gasteiger partial charge is 0.480 e. The Morgan fingerprint density at radius 3 is 2.00 bits per heavy atom. The molecular weight excluding hydrogens is 486 g/mol. The van der Waals surface area contributed by atoms with Gasteiger partial charge in [-0.3, -0.25) is 24.2 Å². The van der Waals surface area contributed by atoms with Crippen LogP contribution in [-0.4, -0.2) is 77.9 Å². The van der Waals surface area contributed by atoms with Crippen molar-refractivity contribution >= 4 is 35.6 Å². The number of rotatable bonds is 19. The first kappa shape index (κ1) is 33.5. The highest BCUT2D eigenvalue weighted by Crippen LogP contribution is 2.11. The number of amides is 4. The van der Waals surface area contributed by atoms with Gasteiger partial charge in [-0.2, -0.15) is 0 Å². The summed E-state index contributed by atoms with van der Waals surface area (Å²) in [6.07, 6.45) is 2.02. The van der Waals surface area contributed by atoms with E-state index >= 15 is 0 Å². The molecule has 0 rings (SSSR count). The molecule has 14 N–H and O–H groups in total. The molecule has 0 aliphatic carbocycles. The molecule has 212 valence electrons. The number of carboxylic acid groups (broad SMARTS) is 1. The summed E-state index contributed by atoms with van der Waals surface area (Å²) in [6.45, 7) is 4.14. The van der Waals surface area contributed by atoms with E-state index in [2.05, 4.69) is 20.9 Å². The molecule has 5 atom stereocenters. The number of hydrogen-bond acceptors (Lipinski definition) is 8. The Hall–Kier alpha value is -3.46. The summed E-state index contributed by atoms with van der Waals surface area (Å²) in [5, 5.41) is 16.8. The van der Waals surface area contributed by atoms with Gasteiger partial charge in [0.1, 0.15) is 18.1 Å². The third-order valence-electron chi connectivity index (χ3n) is 5.70. The Morgan fingerprint density at radius 2 is 1.49 bits per heavy atom. The zero-order valence-electron chi connectivity index (χ0n) is 21.6. The minimum atomic E-state index is -1.56. The first-order valence-electron chi connectivity index (χ1n) is 12.3. The minimum absolute atomic E-state index is 0.121. The molecule has 0 radical (unpaired) electrons. The number of nitrogens with one attached hydrogen (secondary N) is 3. The highest BCUT2D eigenvalue weighted by Gasteiger charge is 2.33. The Bertz CT molecular complexity index is 804. The zero-order valence-corrected chi connectivity index (χ0v) is 21.6. The van der Waals surface area contributed by atoms with Gasteiger partial charge in [-0.05, 0) is 38.1 Å². The second-order valence-electron chi connectivity index (χ2n) is 8.84. The fourth-order valence-corrected chi connectivity index (χ4v) is 3.31. The molecule has 0 aromatic carbocycles. The molecule has 37 heavy (non-hydrogen) atoms. The zero-order chi connectivity index (χ0) is 28.5. The highest BCUT2D eigenvalue weighted by atomic mass is 16.4. The molecule has 15 nitrogen and oxygen atoms in total. The highest BCUT2D eigenvalue weighted by molar-refractivity contribution is 5.95. The van der Waals surface area contributed by atoms with Gasteiger partial charge in [0.25, 0.3) is 0 Å². The number of nitrogens with two attached hydrogens (primary N) is 5. The summed E-state index contributed by atoms with van der Waals surface area (Å²) < 4.78 is 0. The van der Waals surface area contributed by atoms with E-state index < -0.39 is 66.1 Å². The number of carboxylic acids is 1. The molecule has 0 saturated heterocycles. The Morgan fingerprint density at radius 1 is 0.865 bits per heavy atom. The summed E-state index contributed by atoms with van der Waals surface area (Å²) in [4.78, 5) is 65.2. The fraction of sp³-hybridized carbons (Fsp3) is 0.727. The topological polar surface area (TPSA) is 284 Å². The van der Waals surface area contributed by atoms with Crippen LogP contribution in [0.15, 0.2) is 4.99 Å². The summed E-state index contributed by atoms with van der Waals surface area (Å²) in [5.74, 6) is -4.92. The second-order valence-corrected chi connectivity index (χ2v) is 8.84. The van der Waals surface area contributed by atoms with E-state index in [1.165, 1.54) is 0 Å². The van der Waals surface area contributed by atoms with Crippen LogP contribution in [0.3, 0.4) is 0 Å². The normalized spacial score (nSPS) is 14.8. The van der Waals surface area contributed by atoms with E-state index in [9.17, 15) is 29.1 Å². The van der Waals surface area contributed by atoms with Gasteiger partial charge in [0.15, 0.2) is 5.96 Å². The van der Waals surface area contributed by atoms with E-state index in [1.807, 2.05) is 0 Å². The van der Waals surface area contributed by atoms with Gasteiger partial charge in [0.05, 0.1) is 12.5 Å². The van der Waals surface area contributed by atoms with Crippen LogP contribution in [0.5, 0.6) is 0 Å². The molecule has 5 unspecified atom stereocenters. The van der Waals surface area contributed by atoms with Crippen molar-refractivity contribution in [3.8, 4) is 0 Å². The average Bonchev–Trinajstić information content (AvgIpc) is 2.82. The molecule has 0 spiro atoms. The number of primary amides is 1. The van der Waals surface area contributed by atoms with Crippen molar-refractivity contribution in [2.45, 2.75) is 83.0 Å². The molecule has 0 aliphatic rings. The maximum Gasteiger partial charge on any atom is 0.326 e. The Balaban J connectivity index is 5.63. The monoisotopic (exact) mass is 529 g/mol. The molecule has 0 fully saturated rings. The van der Waals surface area contributed by atoms with Crippen LogP contribution in [-0.2, 0) is 24.0 Å². The first-order chi connectivity index (χ1) is 17.3. The number of unbranched alkanes of at least 4 members (excludes halogenated alkanes) is 1. The summed E-state index contributed by atoms with van der Waals surface area (Å²) in [7, 11) is 0. The smallest absolute Gasteiger partial charge is 0.326 e. The van der Waals surface area contributed by atoms with Crippen molar-refractivity contribution < 1.29 is 29.1 Å². The van der Waals surface area contributed by atoms with Crippen LogP contribution in [0, 0.1) is 5.92 Å². The number of carbonyl (C=O) groups excluding carboxylic acids is 4. The maximum absolute atomic E-state index is 13.2. The number of guanidine groups is 1. The quantitative estimate of drug-likeness (QED) is 0.0463. The third-order valence-corrected chi connectivity index (χ3v) is 5.70. The van der Waals surface area contributed by atoms with Gasteiger partial charge in [0.2, 0.25) is 23.6 Å². The van der Waals surface area contributed by atoms with Gasteiger partial charge in [-0.1, -0.05) is 26.7 Å². The van der Waals surface area contributed by atoms with E-state index in [0.717, 1.165) is 0 Å². The van der Waals surface area contributed by atoms with Crippen molar-refractivity contribution in [2.75, 3.05) is 13.1 Å².